The van der Waals surface area contributed by atoms with E-state index in [1.807, 2.05) is 19.1 Å². The minimum Gasteiger partial charge on any atom is -0.482 e. The SMILES string of the molecule is CCc1ccc(N2C(=O)CS(=O)C23C(=O)N(Cc2ccc(F)cc2)c2ccc(OCC(=O)O)cc23)cc1. The molecule has 37 heavy (non-hydrogen) atoms. The maximum Gasteiger partial charge on any atom is 0.341 e. The fourth-order valence-electron chi connectivity index (χ4n) is 4.79. The van der Waals surface area contributed by atoms with Crippen molar-refractivity contribution in [3.05, 3.63) is 89.2 Å². The summed E-state index contributed by atoms with van der Waals surface area (Å²) in [6, 6.07) is 17.4. The minimum absolute atomic E-state index is 0.0528. The summed E-state index contributed by atoms with van der Waals surface area (Å²) in [5.74, 6) is -2.83. The number of carbonyl (C=O) groups is 3. The third kappa shape index (κ3) is 4.07. The maximum atomic E-state index is 14.2. The van der Waals surface area contributed by atoms with Crippen LogP contribution in [0.2, 0.25) is 0 Å². The number of benzene rings is 3. The van der Waals surface area contributed by atoms with Gasteiger partial charge in [0.15, 0.2) is 6.61 Å². The Balaban J connectivity index is 1.67. The maximum absolute atomic E-state index is 14.2. The predicted molar refractivity (Wildman–Crippen MR) is 135 cm³/mol. The molecule has 10 heteroatoms. The van der Waals surface area contributed by atoms with Crippen molar-refractivity contribution in [2.75, 3.05) is 22.2 Å². The second kappa shape index (κ2) is 9.44. The van der Waals surface area contributed by atoms with Crippen LogP contribution in [0.25, 0.3) is 0 Å². The third-order valence-electron chi connectivity index (χ3n) is 6.53. The molecule has 3 aromatic carbocycles. The number of rotatable bonds is 7. The third-order valence-corrected chi connectivity index (χ3v) is 8.27. The number of halogens is 1. The average Bonchev–Trinajstić information content (AvgIpc) is 3.29. The Hall–Kier alpha value is -4.05. The summed E-state index contributed by atoms with van der Waals surface area (Å²) >= 11 is 0. The molecule has 0 aliphatic carbocycles. The fourth-order valence-corrected chi connectivity index (χ4v) is 6.48. The molecule has 2 aliphatic rings. The monoisotopic (exact) mass is 522 g/mol. The Labute approximate surface area is 214 Å². The van der Waals surface area contributed by atoms with Gasteiger partial charge in [0.05, 0.1) is 23.0 Å². The Morgan fingerprint density at radius 2 is 1.73 bits per heavy atom. The van der Waals surface area contributed by atoms with Crippen molar-refractivity contribution >= 4 is 40.0 Å². The zero-order valence-corrected chi connectivity index (χ0v) is 20.7. The van der Waals surface area contributed by atoms with E-state index in [2.05, 4.69) is 0 Å². The number of carbonyl (C=O) groups excluding carboxylic acids is 2. The van der Waals surface area contributed by atoms with Gasteiger partial charge in [0.2, 0.25) is 10.8 Å². The van der Waals surface area contributed by atoms with Crippen LogP contribution in [0.3, 0.4) is 0 Å². The number of hydrogen-bond donors (Lipinski definition) is 1. The van der Waals surface area contributed by atoms with E-state index in [1.165, 1.54) is 34.1 Å². The van der Waals surface area contributed by atoms with E-state index < -0.39 is 45.9 Å². The van der Waals surface area contributed by atoms with Crippen molar-refractivity contribution in [1.29, 1.82) is 0 Å². The first-order valence-electron chi connectivity index (χ1n) is 11.6. The Kier molecular flexibility index (Phi) is 6.28. The molecule has 0 saturated carbocycles. The number of ether oxygens (including phenoxy) is 1. The van der Waals surface area contributed by atoms with E-state index in [9.17, 15) is 23.0 Å². The first kappa shape index (κ1) is 24.6. The zero-order chi connectivity index (χ0) is 26.3. The molecule has 2 heterocycles. The Morgan fingerprint density at radius 1 is 1.05 bits per heavy atom. The van der Waals surface area contributed by atoms with Gasteiger partial charge in [-0.1, -0.05) is 31.2 Å². The summed E-state index contributed by atoms with van der Waals surface area (Å²) in [7, 11) is -1.97. The van der Waals surface area contributed by atoms with E-state index in [-0.39, 0.29) is 23.6 Å². The van der Waals surface area contributed by atoms with Crippen LogP contribution in [0.4, 0.5) is 15.8 Å². The topological polar surface area (TPSA) is 104 Å². The van der Waals surface area contributed by atoms with Gasteiger partial charge in [-0.2, -0.15) is 0 Å². The van der Waals surface area contributed by atoms with Gasteiger partial charge < -0.3 is 14.7 Å². The first-order valence-corrected chi connectivity index (χ1v) is 12.9. The predicted octanol–water partition coefficient (Wildman–Crippen LogP) is 3.35. The van der Waals surface area contributed by atoms with Crippen LogP contribution in [-0.4, -0.2) is 39.5 Å². The quantitative estimate of drug-likeness (QED) is 0.511. The van der Waals surface area contributed by atoms with Gasteiger partial charge in [0.25, 0.3) is 5.91 Å². The molecule has 5 rings (SSSR count). The highest BCUT2D eigenvalue weighted by molar-refractivity contribution is 7.88. The van der Waals surface area contributed by atoms with E-state index in [0.717, 1.165) is 12.0 Å². The number of aliphatic carboxylic acids is 1. The molecule has 2 aliphatic heterocycles. The van der Waals surface area contributed by atoms with E-state index in [1.54, 1.807) is 30.3 Å². The molecule has 1 fully saturated rings. The van der Waals surface area contributed by atoms with Crippen molar-refractivity contribution in [1.82, 2.24) is 0 Å². The van der Waals surface area contributed by atoms with Crippen molar-refractivity contribution in [2.45, 2.75) is 24.8 Å². The zero-order valence-electron chi connectivity index (χ0n) is 19.8. The van der Waals surface area contributed by atoms with Crippen LogP contribution >= 0.6 is 0 Å². The minimum atomic E-state index is -1.97. The van der Waals surface area contributed by atoms with E-state index >= 15 is 0 Å². The van der Waals surface area contributed by atoms with Crippen LogP contribution in [0.5, 0.6) is 5.75 Å². The normalized spacial score (nSPS) is 20.5. The molecule has 0 radical (unpaired) electrons. The number of fused-ring (bicyclic) bond motifs is 2. The highest BCUT2D eigenvalue weighted by Crippen LogP contribution is 2.52. The summed E-state index contributed by atoms with van der Waals surface area (Å²) < 4.78 is 32.6. The summed E-state index contributed by atoms with van der Waals surface area (Å²) in [5.41, 5.74) is 2.79. The van der Waals surface area contributed by atoms with E-state index in [0.29, 0.717) is 16.9 Å². The molecule has 2 amide bonds. The smallest absolute Gasteiger partial charge is 0.341 e. The highest BCUT2D eigenvalue weighted by atomic mass is 32.2. The molecule has 1 N–H and O–H groups in total. The van der Waals surface area contributed by atoms with Crippen LogP contribution in [0.15, 0.2) is 66.7 Å². The second-order valence-corrected chi connectivity index (χ2v) is 10.3. The molecule has 0 aromatic heterocycles. The lowest BCUT2D eigenvalue weighted by atomic mass is 10.0. The summed E-state index contributed by atoms with van der Waals surface area (Å²) in [6.45, 7) is 1.44. The van der Waals surface area contributed by atoms with Gasteiger partial charge in [-0.05, 0) is 60.0 Å². The van der Waals surface area contributed by atoms with Gasteiger partial charge in [0, 0.05) is 11.3 Å². The molecule has 2 atom stereocenters. The first-order chi connectivity index (χ1) is 17.7. The number of nitrogens with zero attached hydrogens (tertiary/aromatic N) is 2. The summed E-state index contributed by atoms with van der Waals surface area (Å²) in [4.78, 5) is 39.4. The lowest BCUT2D eigenvalue weighted by Crippen LogP contribution is -2.52. The number of aryl methyl sites for hydroxylation is 1. The second-order valence-electron chi connectivity index (χ2n) is 8.76. The average molecular weight is 523 g/mol. The number of anilines is 2. The number of carboxylic acids is 1. The van der Waals surface area contributed by atoms with Crippen molar-refractivity contribution in [3.8, 4) is 5.75 Å². The largest absolute Gasteiger partial charge is 0.482 e. The number of hydrogen-bond acceptors (Lipinski definition) is 5. The van der Waals surface area contributed by atoms with Gasteiger partial charge in [0.1, 0.15) is 17.3 Å². The van der Waals surface area contributed by atoms with Crippen LogP contribution in [0.1, 0.15) is 23.6 Å². The van der Waals surface area contributed by atoms with Gasteiger partial charge in [-0.3, -0.25) is 18.7 Å². The van der Waals surface area contributed by atoms with Crippen molar-refractivity contribution in [3.63, 3.8) is 0 Å². The highest BCUT2D eigenvalue weighted by Gasteiger charge is 2.65. The molecule has 2 unspecified atom stereocenters. The Bertz CT molecular complexity index is 1430. The van der Waals surface area contributed by atoms with Gasteiger partial charge in [-0.15, -0.1) is 0 Å². The van der Waals surface area contributed by atoms with Crippen LogP contribution in [0, 0.1) is 5.82 Å². The Morgan fingerprint density at radius 3 is 2.38 bits per heavy atom. The van der Waals surface area contributed by atoms with Crippen LogP contribution < -0.4 is 14.5 Å². The molecule has 3 aromatic rings. The van der Waals surface area contributed by atoms with Gasteiger partial charge in [-0.25, -0.2) is 9.18 Å². The molecule has 1 spiro atoms. The van der Waals surface area contributed by atoms with E-state index in [4.69, 9.17) is 9.84 Å². The molecule has 8 nitrogen and oxygen atoms in total. The van der Waals surface area contributed by atoms with Crippen LogP contribution in [-0.2, 0) is 43.0 Å². The van der Waals surface area contributed by atoms with Crippen molar-refractivity contribution in [2.24, 2.45) is 0 Å². The number of carboxylic acid groups (broad SMARTS) is 1. The fraction of sp³-hybridized carbons (Fsp3) is 0.222. The standard InChI is InChI=1S/C27H23FN2O6S/c1-2-17-5-9-20(10-6-17)30-24(31)16-37(35)27(30)22-13-21(36-15-25(32)33)11-12-23(22)29(26(27)34)14-18-3-7-19(28)8-4-18/h3-13H,2,14-16H2,1H3,(H,32,33). The number of amides is 2. The molecular weight excluding hydrogens is 499 g/mol. The lowest BCUT2D eigenvalue weighted by Gasteiger charge is -2.33. The lowest BCUT2D eigenvalue weighted by molar-refractivity contribution is -0.139. The molecule has 1 saturated heterocycles. The molecule has 0 bridgehead atoms. The van der Waals surface area contributed by atoms with Crippen molar-refractivity contribution < 1.29 is 32.8 Å². The van der Waals surface area contributed by atoms with Gasteiger partial charge >= 0.3 is 5.97 Å². The molecule has 190 valence electrons. The molecular formula is C27H23FN2O6S. The summed E-state index contributed by atoms with van der Waals surface area (Å²) in [5, 5.41) is 9.04. The summed E-state index contributed by atoms with van der Waals surface area (Å²) in [6.07, 6.45) is 0.781.